The normalized spacial score (nSPS) is 10.4. The van der Waals surface area contributed by atoms with E-state index in [0.717, 1.165) is 17.5 Å². The lowest BCUT2D eigenvalue weighted by molar-refractivity contribution is -0.118. The lowest BCUT2D eigenvalue weighted by Gasteiger charge is -2.13. The van der Waals surface area contributed by atoms with Crippen molar-refractivity contribution in [2.45, 2.75) is 13.3 Å². The van der Waals surface area contributed by atoms with Gasteiger partial charge in [-0.2, -0.15) is 0 Å². The Morgan fingerprint density at radius 3 is 2.44 bits per heavy atom. The molecule has 0 aliphatic rings. The second-order valence-corrected chi connectivity index (χ2v) is 7.22. The maximum atomic E-state index is 12.5. The molecule has 1 N–H and O–H groups in total. The summed E-state index contributed by atoms with van der Waals surface area (Å²) in [5.74, 6) is 1.07. The number of para-hydroxylation sites is 1. The van der Waals surface area contributed by atoms with Crippen LogP contribution in [0.4, 0.5) is 5.69 Å². The molecule has 0 spiro atoms. The van der Waals surface area contributed by atoms with Gasteiger partial charge < -0.3 is 14.8 Å². The van der Waals surface area contributed by atoms with E-state index in [1.807, 2.05) is 55.5 Å². The summed E-state index contributed by atoms with van der Waals surface area (Å²) in [7, 11) is 0. The molecule has 0 atom stereocenters. The fourth-order valence-corrected chi connectivity index (χ4v) is 3.22. The average molecular weight is 425 g/mol. The highest BCUT2D eigenvalue weighted by Gasteiger charge is 2.10. The number of ether oxygens (including phenoxy) is 2. The maximum Gasteiger partial charge on any atom is 0.321 e. The number of rotatable bonds is 8. The monoisotopic (exact) mass is 425 g/mol. The van der Waals surface area contributed by atoms with Crippen LogP contribution >= 0.6 is 0 Å². The smallest absolute Gasteiger partial charge is 0.321 e. The van der Waals surface area contributed by atoms with E-state index < -0.39 is 0 Å². The zero-order chi connectivity index (χ0) is 22.2. The first-order chi connectivity index (χ1) is 15.7. The molecule has 0 bridgehead atoms. The molecule has 0 aliphatic heterocycles. The zero-order valence-electron chi connectivity index (χ0n) is 17.7. The Hall–Kier alpha value is -4.19. The van der Waals surface area contributed by atoms with E-state index in [1.54, 1.807) is 30.6 Å². The zero-order valence-corrected chi connectivity index (χ0v) is 17.7. The number of hydrogen-bond donors (Lipinski definition) is 1. The largest absolute Gasteiger partial charge is 0.483 e. The number of hydrogen-bond acceptors (Lipinski definition) is 5. The fourth-order valence-electron chi connectivity index (χ4n) is 3.22. The van der Waals surface area contributed by atoms with Crippen LogP contribution < -0.4 is 14.8 Å². The van der Waals surface area contributed by atoms with Crippen molar-refractivity contribution in [1.82, 2.24) is 9.97 Å². The topological polar surface area (TPSA) is 73.3 Å². The predicted octanol–water partition coefficient (Wildman–Crippen LogP) is 5.19. The van der Waals surface area contributed by atoms with E-state index in [2.05, 4.69) is 27.4 Å². The van der Waals surface area contributed by atoms with Crippen LogP contribution in [0.3, 0.4) is 0 Å². The standard InChI is InChI=1S/C26H23N3O3/c1-19-16-22(32-26-27-14-7-15-28-26)12-13-23(19)29-25(30)18-31-24-11-6-5-10-21(24)17-20-8-3-2-4-9-20/h2-16H,17-18H2,1H3,(H,29,30). The number of nitrogens with one attached hydrogen (secondary N) is 1. The minimum atomic E-state index is -0.234. The van der Waals surface area contributed by atoms with Crippen LogP contribution in [0, 0.1) is 6.92 Å². The number of carbonyl (C=O) groups excluding carboxylic acids is 1. The van der Waals surface area contributed by atoms with Gasteiger partial charge in [-0.25, -0.2) is 9.97 Å². The van der Waals surface area contributed by atoms with Crippen molar-refractivity contribution in [3.8, 4) is 17.5 Å². The first kappa shape index (κ1) is 21.1. The SMILES string of the molecule is Cc1cc(Oc2ncccn2)ccc1NC(=O)COc1ccccc1Cc1ccccc1. The molecule has 0 saturated carbocycles. The highest BCUT2D eigenvalue weighted by atomic mass is 16.5. The summed E-state index contributed by atoms with van der Waals surface area (Å²) < 4.78 is 11.5. The summed E-state index contributed by atoms with van der Waals surface area (Å²) in [6, 6.07) is 25.3. The average Bonchev–Trinajstić information content (AvgIpc) is 2.82. The number of aryl methyl sites for hydroxylation is 1. The third-order valence-electron chi connectivity index (χ3n) is 4.79. The molecule has 0 aliphatic carbocycles. The van der Waals surface area contributed by atoms with Gasteiger partial charge in [0, 0.05) is 24.5 Å². The Kier molecular flexibility index (Phi) is 6.72. The molecule has 4 rings (SSSR count). The molecule has 3 aromatic carbocycles. The Bertz CT molecular complexity index is 1180. The number of anilines is 1. The first-order valence-electron chi connectivity index (χ1n) is 10.3. The second-order valence-electron chi connectivity index (χ2n) is 7.22. The molecular formula is C26H23N3O3. The summed E-state index contributed by atoms with van der Waals surface area (Å²) in [6.45, 7) is 1.81. The molecule has 1 aromatic heterocycles. The van der Waals surface area contributed by atoms with Crippen LogP contribution in [0.5, 0.6) is 17.5 Å². The van der Waals surface area contributed by atoms with Gasteiger partial charge in [-0.05, 0) is 53.9 Å². The molecule has 32 heavy (non-hydrogen) atoms. The van der Waals surface area contributed by atoms with Crippen LogP contribution in [-0.4, -0.2) is 22.5 Å². The van der Waals surface area contributed by atoms with Gasteiger partial charge in [-0.1, -0.05) is 48.5 Å². The number of amides is 1. The van der Waals surface area contributed by atoms with Crippen LogP contribution in [0.15, 0.2) is 91.3 Å². The van der Waals surface area contributed by atoms with Crippen LogP contribution in [0.2, 0.25) is 0 Å². The third kappa shape index (κ3) is 5.70. The number of aromatic nitrogens is 2. The summed E-state index contributed by atoms with van der Waals surface area (Å²) in [5, 5.41) is 2.89. The van der Waals surface area contributed by atoms with Crippen LogP contribution in [-0.2, 0) is 11.2 Å². The van der Waals surface area contributed by atoms with E-state index in [9.17, 15) is 4.79 Å². The summed E-state index contributed by atoms with van der Waals surface area (Å²) in [4.78, 5) is 20.6. The van der Waals surface area contributed by atoms with Gasteiger partial charge in [-0.15, -0.1) is 0 Å². The van der Waals surface area contributed by atoms with E-state index in [1.165, 1.54) is 5.56 Å². The van der Waals surface area contributed by atoms with Gasteiger partial charge in [0.15, 0.2) is 6.61 Å². The van der Waals surface area contributed by atoms with Crippen molar-refractivity contribution in [3.05, 3.63) is 108 Å². The number of benzene rings is 3. The molecule has 160 valence electrons. The van der Waals surface area contributed by atoms with Gasteiger partial charge in [0.25, 0.3) is 5.91 Å². The maximum absolute atomic E-state index is 12.5. The molecule has 6 heteroatoms. The van der Waals surface area contributed by atoms with E-state index in [-0.39, 0.29) is 18.5 Å². The van der Waals surface area contributed by atoms with Gasteiger partial charge in [0.2, 0.25) is 0 Å². The Morgan fingerprint density at radius 2 is 1.66 bits per heavy atom. The lowest BCUT2D eigenvalue weighted by Crippen LogP contribution is -2.21. The van der Waals surface area contributed by atoms with Crippen molar-refractivity contribution in [3.63, 3.8) is 0 Å². The highest BCUT2D eigenvalue weighted by Crippen LogP contribution is 2.25. The third-order valence-corrected chi connectivity index (χ3v) is 4.79. The molecular weight excluding hydrogens is 402 g/mol. The molecule has 0 fully saturated rings. The van der Waals surface area contributed by atoms with Crippen LogP contribution in [0.1, 0.15) is 16.7 Å². The highest BCUT2D eigenvalue weighted by molar-refractivity contribution is 5.92. The predicted molar refractivity (Wildman–Crippen MR) is 123 cm³/mol. The molecule has 1 heterocycles. The minimum absolute atomic E-state index is 0.0820. The molecule has 0 unspecified atom stereocenters. The summed E-state index contributed by atoms with van der Waals surface area (Å²) in [5.41, 5.74) is 3.77. The van der Waals surface area contributed by atoms with E-state index in [0.29, 0.717) is 17.2 Å². The summed E-state index contributed by atoms with van der Waals surface area (Å²) >= 11 is 0. The van der Waals surface area contributed by atoms with Crippen LogP contribution in [0.25, 0.3) is 0 Å². The molecule has 4 aromatic rings. The van der Waals surface area contributed by atoms with Crippen molar-refractivity contribution < 1.29 is 14.3 Å². The fraction of sp³-hybridized carbons (Fsp3) is 0.115. The van der Waals surface area contributed by atoms with Crippen molar-refractivity contribution >= 4 is 11.6 Å². The van der Waals surface area contributed by atoms with Gasteiger partial charge in [0.05, 0.1) is 0 Å². The number of carbonyl (C=O) groups is 1. The molecule has 0 radical (unpaired) electrons. The quantitative estimate of drug-likeness (QED) is 0.421. The lowest BCUT2D eigenvalue weighted by atomic mass is 10.0. The molecule has 1 amide bonds. The second kappa shape index (κ2) is 10.2. The Balaban J connectivity index is 1.35. The Morgan fingerprint density at radius 1 is 0.906 bits per heavy atom. The minimum Gasteiger partial charge on any atom is -0.483 e. The number of nitrogens with zero attached hydrogens (tertiary/aromatic N) is 2. The Labute approximate surface area is 186 Å². The molecule has 6 nitrogen and oxygen atoms in total. The van der Waals surface area contributed by atoms with E-state index >= 15 is 0 Å². The molecule has 0 saturated heterocycles. The van der Waals surface area contributed by atoms with Crippen molar-refractivity contribution in [2.24, 2.45) is 0 Å². The first-order valence-corrected chi connectivity index (χ1v) is 10.3. The van der Waals surface area contributed by atoms with Crippen molar-refractivity contribution in [1.29, 1.82) is 0 Å². The van der Waals surface area contributed by atoms with E-state index in [4.69, 9.17) is 9.47 Å². The van der Waals surface area contributed by atoms with Gasteiger partial charge in [-0.3, -0.25) is 4.79 Å². The van der Waals surface area contributed by atoms with Crippen molar-refractivity contribution in [2.75, 3.05) is 11.9 Å². The van der Waals surface area contributed by atoms with Gasteiger partial charge >= 0.3 is 6.01 Å². The van der Waals surface area contributed by atoms with Gasteiger partial charge in [0.1, 0.15) is 11.5 Å². The summed E-state index contributed by atoms with van der Waals surface area (Å²) in [6.07, 6.45) is 3.97.